The molecule has 0 aromatic carbocycles. The van der Waals surface area contributed by atoms with Gasteiger partial charge in [-0.05, 0) is 24.3 Å². The number of anilines is 1. The third-order valence-electron chi connectivity index (χ3n) is 6.29. The average Bonchev–Trinajstić information content (AvgIpc) is 2.84. The van der Waals surface area contributed by atoms with Crippen LogP contribution in [0.25, 0.3) is 11.0 Å². The van der Waals surface area contributed by atoms with Crippen LogP contribution in [0.15, 0.2) is 24.3 Å². The van der Waals surface area contributed by atoms with E-state index in [0.29, 0.717) is 49.9 Å². The van der Waals surface area contributed by atoms with Crippen LogP contribution in [0.1, 0.15) is 12.6 Å². The number of aliphatic carboxylic acids is 3. The fourth-order valence-corrected chi connectivity index (χ4v) is 4.36. The summed E-state index contributed by atoms with van der Waals surface area (Å²) in [6.07, 6.45) is 0. The second kappa shape index (κ2) is 16.7. The van der Waals surface area contributed by atoms with Gasteiger partial charge in [-0.15, -0.1) is 0 Å². The monoisotopic (exact) mass is 701 g/mol. The molecule has 1 aliphatic rings. The minimum atomic E-state index is -1.27. The first-order chi connectivity index (χ1) is 18.6. The van der Waals surface area contributed by atoms with Crippen LogP contribution in [0.3, 0.4) is 0 Å². The number of aromatic nitrogens is 2. The minimum Gasteiger partial charge on any atom is -0.549 e. The summed E-state index contributed by atoms with van der Waals surface area (Å²) in [5, 5.41) is 37.3. The fourth-order valence-electron chi connectivity index (χ4n) is 4.36. The van der Waals surface area contributed by atoms with E-state index in [4.69, 9.17) is 0 Å². The molecule has 1 saturated heterocycles. The molecular weight excluding hydrogens is 669 g/mol. The van der Waals surface area contributed by atoms with Crippen molar-refractivity contribution in [3.63, 3.8) is 0 Å². The van der Waals surface area contributed by atoms with Crippen LogP contribution in [0.4, 0.5) is 5.82 Å². The van der Waals surface area contributed by atoms with Gasteiger partial charge in [0.2, 0.25) is 5.91 Å². The molecule has 0 atom stereocenters. The molecule has 0 radical (unpaired) electrons. The number of nitrogens with zero attached hydrogens (tertiary/aromatic N) is 6. The summed E-state index contributed by atoms with van der Waals surface area (Å²) < 4.78 is 0. The van der Waals surface area contributed by atoms with Crippen LogP contribution in [-0.4, -0.2) is 125 Å². The number of rotatable bonds is 9. The van der Waals surface area contributed by atoms with E-state index in [1.807, 2.05) is 17.0 Å². The van der Waals surface area contributed by atoms with Gasteiger partial charge in [0.1, 0.15) is 5.82 Å². The first kappa shape index (κ1) is 33.8. The van der Waals surface area contributed by atoms with Crippen molar-refractivity contribution in [3.8, 4) is 0 Å². The van der Waals surface area contributed by atoms with Gasteiger partial charge in [-0.2, -0.15) is 0 Å². The van der Waals surface area contributed by atoms with Crippen LogP contribution >= 0.6 is 0 Å². The van der Waals surface area contributed by atoms with Gasteiger partial charge in [-0.3, -0.25) is 24.4 Å². The molecule has 0 bridgehead atoms. The van der Waals surface area contributed by atoms with E-state index >= 15 is 0 Å². The van der Waals surface area contributed by atoms with Gasteiger partial charge in [-0.1, -0.05) is 0 Å². The second-order valence-electron chi connectivity index (χ2n) is 9.45. The zero-order valence-corrected chi connectivity index (χ0v) is 24.3. The molecule has 3 rings (SSSR count). The van der Waals surface area contributed by atoms with Crippen molar-refractivity contribution in [1.82, 2.24) is 29.6 Å². The van der Waals surface area contributed by atoms with E-state index in [2.05, 4.69) is 15.3 Å². The number of carbonyl (C=O) groups is 4. The van der Waals surface area contributed by atoms with Gasteiger partial charge in [-0.25, -0.2) is 9.97 Å². The summed E-state index contributed by atoms with van der Waals surface area (Å²) in [7, 11) is 0. The van der Waals surface area contributed by atoms with Gasteiger partial charge in [0.15, 0.2) is 5.65 Å². The zero-order chi connectivity index (χ0) is 28.4. The van der Waals surface area contributed by atoms with Gasteiger partial charge in [0.25, 0.3) is 0 Å². The van der Waals surface area contributed by atoms with Gasteiger partial charge in [0.05, 0.1) is 23.6 Å². The van der Waals surface area contributed by atoms with Gasteiger partial charge >= 0.3 is 38.6 Å². The molecule has 0 saturated carbocycles. The molecule has 1 fully saturated rings. The normalized spacial score (nSPS) is 16.8. The average molecular weight is 701 g/mol. The second-order valence-corrected chi connectivity index (χ2v) is 9.45. The van der Waals surface area contributed by atoms with Crippen molar-refractivity contribution in [2.45, 2.75) is 13.5 Å². The van der Waals surface area contributed by atoms with Crippen LogP contribution in [0.2, 0.25) is 0 Å². The third-order valence-corrected chi connectivity index (χ3v) is 6.29. The maximum Gasteiger partial charge on any atom is 3.00 e. The topological polar surface area (TPSA) is 188 Å². The molecule has 14 nitrogen and oxygen atoms in total. The molecular formula is C25H32N7O7Tb. The van der Waals surface area contributed by atoms with Crippen LogP contribution in [-0.2, 0) is 25.7 Å². The smallest absolute Gasteiger partial charge is 0.549 e. The standard InChI is InChI=1S/C25H35N7O7.Tb/c1-18(33)26-21-5-3-19-2-4-20(27-25(19)28-21)14-29-6-8-30(15-22(34)35)10-12-32(17-24(38)39)13-11-31(9-7-29)16-23(36)37;/h2-5H,6-17H2,1H3,(H,34,35)(H,36,37)(H,38,39)(H,26,27,28,33);/q;+3/p-3. The summed E-state index contributed by atoms with van der Waals surface area (Å²) in [5.41, 5.74) is 1.15. The van der Waals surface area contributed by atoms with Gasteiger partial charge < -0.3 is 35.0 Å². The number of hydrogen-bond acceptors (Lipinski definition) is 13. The Morgan fingerprint density at radius 2 is 1.12 bits per heavy atom. The first-order valence-corrected chi connectivity index (χ1v) is 12.6. The summed E-state index contributed by atoms with van der Waals surface area (Å²) >= 11 is 0. The first-order valence-electron chi connectivity index (χ1n) is 12.6. The van der Waals surface area contributed by atoms with Crippen LogP contribution in [0, 0.1) is 38.6 Å². The molecule has 2 aromatic rings. The molecule has 0 aliphatic carbocycles. The molecule has 2 aromatic heterocycles. The number of carboxylic acid groups (broad SMARTS) is 3. The fraction of sp³-hybridized carbons (Fsp3) is 0.520. The van der Waals surface area contributed by atoms with Crippen molar-refractivity contribution in [3.05, 3.63) is 30.0 Å². The Balaban J connectivity index is 0.00000560. The molecule has 0 spiro atoms. The van der Waals surface area contributed by atoms with E-state index in [1.54, 1.807) is 26.8 Å². The Morgan fingerprint density at radius 1 is 0.700 bits per heavy atom. The summed E-state index contributed by atoms with van der Waals surface area (Å²) in [4.78, 5) is 61.3. The van der Waals surface area contributed by atoms with Crippen LogP contribution < -0.4 is 20.6 Å². The number of hydrogen-bond donors (Lipinski definition) is 1. The van der Waals surface area contributed by atoms with Crippen molar-refractivity contribution >= 4 is 40.7 Å². The molecule has 1 amide bonds. The number of amides is 1. The summed E-state index contributed by atoms with van der Waals surface area (Å²) in [6, 6.07) is 7.22. The molecule has 218 valence electrons. The molecule has 1 aliphatic heterocycles. The maximum absolute atomic E-state index is 11.4. The van der Waals surface area contributed by atoms with E-state index in [-0.39, 0.29) is 90.3 Å². The van der Waals surface area contributed by atoms with Crippen molar-refractivity contribution in [2.24, 2.45) is 0 Å². The number of fused-ring (bicyclic) bond motifs is 1. The maximum atomic E-state index is 11.4. The van der Waals surface area contributed by atoms with Crippen molar-refractivity contribution in [2.75, 3.05) is 77.3 Å². The Kier molecular flexibility index (Phi) is 14.1. The van der Waals surface area contributed by atoms with E-state index in [9.17, 15) is 34.5 Å². The Morgan fingerprint density at radius 3 is 1.55 bits per heavy atom. The van der Waals surface area contributed by atoms with E-state index in [0.717, 1.165) is 5.39 Å². The summed E-state index contributed by atoms with van der Waals surface area (Å²) in [5.74, 6) is -3.61. The SMILES string of the molecule is CC(=O)Nc1ccc2ccc(CN3CCN(CC(=O)[O-])CCN(CC(=O)[O-])CCN(CC(=O)[O-])CC3)nc2n1.[Tb+3]. The largest absolute Gasteiger partial charge is 3.00 e. The van der Waals surface area contributed by atoms with Crippen LogP contribution in [0.5, 0.6) is 0 Å². The molecule has 3 heterocycles. The Bertz CT molecular complexity index is 1150. The molecule has 1 N–H and O–H groups in total. The number of nitrogens with one attached hydrogen (secondary N) is 1. The molecule has 15 heteroatoms. The molecule has 40 heavy (non-hydrogen) atoms. The minimum absolute atomic E-state index is 0. The van der Waals surface area contributed by atoms with E-state index in [1.165, 1.54) is 6.92 Å². The quantitative estimate of drug-likeness (QED) is 0.264. The Labute approximate surface area is 262 Å². The van der Waals surface area contributed by atoms with Gasteiger partial charge in [0, 0.05) is 90.8 Å². The number of carboxylic acids is 3. The number of carbonyl (C=O) groups excluding carboxylic acids is 4. The zero-order valence-electron chi connectivity index (χ0n) is 22.2. The Hall–Kier alpha value is -2.43. The molecule has 0 unspecified atom stereocenters. The predicted molar refractivity (Wildman–Crippen MR) is 133 cm³/mol. The third kappa shape index (κ3) is 12.0. The van der Waals surface area contributed by atoms with Crippen molar-refractivity contribution < 1.29 is 73.1 Å². The van der Waals surface area contributed by atoms with Crippen molar-refractivity contribution in [1.29, 1.82) is 0 Å². The predicted octanol–water partition coefficient (Wildman–Crippen LogP) is -4.44. The number of pyridine rings is 2. The van der Waals surface area contributed by atoms with E-state index < -0.39 is 17.9 Å². The summed E-state index contributed by atoms with van der Waals surface area (Å²) in [6.45, 7) is 3.45.